The van der Waals surface area contributed by atoms with Crippen LogP contribution in [0.4, 0.5) is 0 Å². The predicted molar refractivity (Wildman–Crippen MR) is 83.9 cm³/mol. The summed E-state index contributed by atoms with van der Waals surface area (Å²) >= 11 is 0. The first kappa shape index (κ1) is 16.1. The molecule has 0 unspecified atom stereocenters. The number of ether oxygens (including phenoxy) is 1. The van der Waals surface area contributed by atoms with Crippen LogP contribution in [0.15, 0.2) is 24.3 Å². The van der Waals surface area contributed by atoms with Crippen LogP contribution in [0.3, 0.4) is 0 Å². The molecular weight excluding hydrogens is 296 g/mol. The topological polar surface area (TPSA) is 67.9 Å². The van der Waals surface area contributed by atoms with Crippen molar-refractivity contribution in [1.82, 2.24) is 10.4 Å². The summed E-state index contributed by atoms with van der Waals surface area (Å²) in [6, 6.07) is 7.08. The van der Waals surface area contributed by atoms with Crippen LogP contribution in [0.1, 0.15) is 40.5 Å². The zero-order chi connectivity index (χ0) is 16.2. The summed E-state index contributed by atoms with van der Waals surface area (Å²) in [5, 5.41) is 4.23. The highest BCUT2D eigenvalue weighted by Gasteiger charge is 2.36. The number of rotatable bonds is 6. The van der Waals surface area contributed by atoms with Crippen LogP contribution in [0.5, 0.6) is 0 Å². The van der Waals surface area contributed by atoms with Crippen LogP contribution in [0.2, 0.25) is 0 Å². The molecule has 0 bridgehead atoms. The lowest BCUT2D eigenvalue weighted by molar-refractivity contribution is -0.0905. The van der Waals surface area contributed by atoms with Crippen LogP contribution in [0, 0.1) is 5.92 Å². The second-order valence-electron chi connectivity index (χ2n) is 6.00. The van der Waals surface area contributed by atoms with E-state index in [0.717, 1.165) is 31.1 Å². The van der Waals surface area contributed by atoms with Crippen molar-refractivity contribution >= 4 is 11.8 Å². The van der Waals surface area contributed by atoms with Gasteiger partial charge in [-0.3, -0.25) is 14.4 Å². The monoisotopic (exact) mass is 318 g/mol. The molecule has 1 fully saturated rings. The molecule has 2 aliphatic heterocycles. The maximum absolute atomic E-state index is 12.1. The molecule has 0 saturated carbocycles. The van der Waals surface area contributed by atoms with Crippen molar-refractivity contribution in [3.63, 3.8) is 0 Å². The van der Waals surface area contributed by atoms with E-state index < -0.39 is 0 Å². The van der Waals surface area contributed by atoms with Gasteiger partial charge in [-0.25, -0.2) is 0 Å². The molecule has 2 amide bonds. The first-order valence-electron chi connectivity index (χ1n) is 8.10. The van der Waals surface area contributed by atoms with Gasteiger partial charge >= 0.3 is 0 Å². The molecule has 6 heteroatoms. The van der Waals surface area contributed by atoms with Crippen molar-refractivity contribution in [3.05, 3.63) is 35.4 Å². The maximum Gasteiger partial charge on any atom is 0.285 e. The molecular formula is C17H22N2O4. The molecule has 0 spiro atoms. The van der Waals surface area contributed by atoms with Crippen molar-refractivity contribution in [3.8, 4) is 0 Å². The highest BCUT2D eigenvalue weighted by molar-refractivity contribution is 6.20. The molecule has 3 rings (SSSR count). The molecule has 124 valence electrons. The van der Waals surface area contributed by atoms with Crippen molar-refractivity contribution in [2.45, 2.75) is 25.8 Å². The average Bonchev–Trinajstić information content (AvgIpc) is 2.84. The number of hydrogen-bond donors (Lipinski definition) is 1. The minimum Gasteiger partial charge on any atom is -0.381 e. The predicted octanol–water partition coefficient (Wildman–Crippen LogP) is 1.62. The van der Waals surface area contributed by atoms with Gasteiger partial charge in [0.15, 0.2) is 0 Å². The van der Waals surface area contributed by atoms with Crippen LogP contribution in [-0.4, -0.2) is 49.3 Å². The fraction of sp³-hybridized carbons (Fsp3) is 0.529. The number of benzene rings is 1. The van der Waals surface area contributed by atoms with Crippen LogP contribution < -0.4 is 5.32 Å². The van der Waals surface area contributed by atoms with Gasteiger partial charge in [-0.2, -0.15) is 0 Å². The maximum atomic E-state index is 12.1. The third-order valence-corrected chi connectivity index (χ3v) is 4.45. The second-order valence-corrected chi connectivity index (χ2v) is 6.00. The standard InChI is InChI=1S/C17H22N2O4/c1-12(13-5-4-9-22-11-13)18-8-10-23-19-16(20)14-6-2-3-7-15(14)17(19)21/h2-3,6-7,12-13,18H,4-5,8-11H2,1H3/t12-,13-/m0/s1. The minimum atomic E-state index is -0.390. The van der Waals surface area contributed by atoms with Gasteiger partial charge in [0.25, 0.3) is 11.8 Å². The van der Waals surface area contributed by atoms with Gasteiger partial charge < -0.3 is 10.1 Å². The smallest absolute Gasteiger partial charge is 0.285 e. The Morgan fingerprint density at radius 1 is 1.30 bits per heavy atom. The molecule has 1 aromatic rings. The molecule has 1 saturated heterocycles. The normalized spacial score (nSPS) is 22.3. The van der Waals surface area contributed by atoms with E-state index in [2.05, 4.69) is 12.2 Å². The lowest BCUT2D eigenvalue weighted by Crippen LogP contribution is -2.40. The van der Waals surface area contributed by atoms with E-state index in [1.807, 2.05) is 0 Å². The van der Waals surface area contributed by atoms with Crippen molar-refractivity contribution in [1.29, 1.82) is 0 Å². The number of fused-ring (bicyclic) bond motifs is 1. The summed E-state index contributed by atoms with van der Waals surface area (Å²) in [6.45, 7) is 4.61. The Balaban J connectivity index is 1.45. The molecule has 23 heavy (non-hydrogen) atoms. The van der Waals surface area contributed by atoms with E-state index >= 15 is 0 Å². The summed E-state index contributed by atoms with van der Waals surface area (Å²) in [5.41, 5.74) is 0.802. The number of carbonyl (C=O) groups is 2. The number of hydroxylamine groups is 2. The zero-order valence-electron chi connectivity index (χ0n) is 13.3. The Labute approximate surface area is 135 Å². The number of carbonyl (C=O) groups excluding carboxylic acids is 2. The fourth-order valence-electron chi connectivity index (χ4n) is 3.03. The lowest BCUT2D eigenvalue weighted by Gasteiger charge is -2.28. The third-order valence-electron chi connectivity index (χ3n) is 4.45. The Kier molecular flexibility index (Phi) is 5.05. The Hall–Kier alpha value is -1.76. The highest BCUT2D eigenvalue weighted by Crippen LogP contribution is 2.22. The molecule has 2 heterocycles. The summed E-state index contributed by atoms with van der Waals surface area (Å²) in [5.74, 6) is -0.276. The molecule has 2 aliphatic rings. The quantitative estimate of drug-likeness (QED) is 0.638. The van der Waals surface area contributed by atoms with E-state index in [4.69, 9.17) is 9.57 Å². The van der Waals surface area contributed by atoms with Crippen molar-refractivity contribution in [2.24, 2.45) is 5.92 Å². The minimum absolute atomic E-state index is 0.267. The van der Waals surface area contributed by atoms with E-state index in [9.17, 15) is 9.59 Å². The second kappa shape index (κ2) is 7.21. The summed E-state index contributed by atoms with van der Waals surface area (Å²) in [6.07, 6.45) is 2.26. The van der Waals surface area contributed by atoms with Crippen molar-refractivity contribution < 1.29 is 19.2 Å². The largest absolute Gasteiger partial charge is 0.381 e. The van der Waals surface area contributed by atoms with Gasteiger partial charge in [-0.05, 0) is 37.8 Å². The van der Waals surface area contributed by atoms with Gasteiger partial charge in [0, 0.05) is 19.2 Å². The zero-order valence-corrected chi connectivity index (χ0v) is 13.3. The van der Waals surface area contributed by atoms with Crippen molar-refractivity contribution in [2.75, 3.05) is 26.4 Å². The van der Waals surface area contributed by atoms with Gasteiger partial charge in [-0.15, -0.1) is 5.06 Å². The van der Waals surface area contributed by atoms with Crippen LogP contribution in [-0.2, 0) is 9.57 Å². The molecule has 6 nitrogen and oxygen atoms in total. The Bertz CT molecular complexity index is 549. The van der Waals surface area contributed by atoms with Gasteiger partial charge in [0.2, 0.25) is 0 Å². The van der Waals surface area contributed by atoms with E-state index in [-0.39, 0.29) is 18.4 Å². The molecule has 0 aliphatic carbocycles. The van der Waals surface area contributed by atoms with Crippen LogP contribution in [0.25, 0.3) is 0 Å². The van der Waals surface area contributed by atoms with Crippen LogP contribution >= 0.6 is 0 Å². The number of hydrogen-bond acceptors (Lipinski definition) is 5. The van der Waals surface area contributed by atoms with Gasteiger partial charge in [0.05, 0.1) is 24.3 Å². The molecule has 1 aromatic carbocycles. The van der Waals surface area contributed by atoms with E-state index in [1.165, 1.54) is 0 Å². The molecule has 2 atom stereocenters. The fourth-order valence-corrected chi connectivity index (χ4v) is 3.03. The first-order chi connectivity index (χ1) is 11.2. The summed E-state index contributed by atoms with van der Waals surface area (Å²) in [7, 11) is 0. The lowest BCUT2D eigenvalue weighted by atomic mass is 9.95. The van der Waals surface area contributed by atoms with E-state index in [0.29, 0.717) is 29.6 Å². The highest BCUT2D eigenvalue weighted by atomic mass is 16.7. The number of amides is 2. The average molecular weight is 318 g/mol. The Morgan fingerprint density at radius 2 is 2.00 bits per heavy atom. The molecule has 0 aromatic heterocycles. The van der Waals surface area contributed by atoms with Gasteiger partial charge in [0.1, 0.15) is 0 Å². The number of imide groups is 1. The SMILES string of the molecule is C[C@H](NCCON1C(=O)c2ccccc2C1=O)[C@H]1CCCOC1. The Morgan fingerprint density at radius 3 is 2.61 bits per heavy atom. The summed E-state index contributed by atoms with van der Waals surface area (Å²) in [4.78, 5) is 29.6. The number of nitrogens with one attached hydrogen (secondary N) is 1. The third kappa shape index (κ3) is 3.44. The first-order valence-corrected chi connectivity index (χ1v) is 8.10. The van der Waals surface area contributed by atoms with E-state index in [1.54, 1.807) is 24.3 Å². The summed E-state index contributed by atoms with van der Waals surface area (Å²) < 4.78 is 5.49. The van der Waals surface area contributed by atoms with Gasteiger partial charge in [-0.1, -0.05) is 12.1 Å². The molecule has 0 radical (unpaired) electrons. The molecule has 1 N–H and O–H groups in total. The number of nitrogens with zero attached hydrogens (tertiary/aromatic N) is 1.